The number of piperidine rings is 1. The van der Waals surface area contributed by atoms with Crippen LogP contribution >= 0.6 is 11.3 Å². The summed E-state index contributed by atoms with van der Waals surface area (Å²) in [5, 5.41) is 1.20. The molecule has 1 aromatic heterocycles. The van der Waals surface area contributed by atoms with Gasteiger partial charge < -0.3 is 9.80 Å². The van der Waals surface area contributed by atoms with Crippen LogP contribution in [0.15, 0.2) is 24.3 Å². The highest BCUT2D eigenvalue weighted by Crippen LogP contribution is 2.34. The van der Waals surface area contributed by atoms with Gasteiger partial charge in [0.1, 0.15) is 0 Å². The molecule has 0 N–H and O–H groups in total. The molecule has 2 aromatic rings. The van der Waals surface area contributed by atoms with Gasteiger partial charge in [-0.1, -0.05) is 31.0 Å². The van der Waals surface area contributed by atoms with Gasteiger partial charge in [-0.3, -0.25) is 14.5 Å². The Balaban J connectivity index is 1.59. The van der Waals surface area contributed by atoms with E-state index in [9.17, 15) is 9.59 Å². The average Bonchev–Trinajstić information content (AvgIpc) is 3.00. The van der Waals surface area contributed by atoms with Crippen LogP contribution in [0.25, 0.3) is 10.1 Å². The summed E-state index contributed by atoms with van der Waals surface area (Å²) >= 11 is 1.61. The summed E-state index contributed by atoms with van der Waals surface area (Å²) in [6, 6.07) is 8.67. The molecule has 2 aliphatic heterocycles. The third-order valence-electron chi connectivity index (χ3n) is 6.78. The standard InChI is InChI=1S/C25H35N3O2S/c1-26(2)25(30)24-21(20-12-6-7-13-22(20)31-24)17-19-11-5-3-8-16-28(19)18-23(29)27-14-9-4-10-15-27/h6-7,12-13,19H,3-5,8-11,14-18H2,1-2H3/t19-/m0/s1. The summed E-state index contributed by atoms with van der Waals surface area (Å²) in [5.74, 6) is 0.368. The lowest BCUT2D eigenvalue weighted by Gasteiger charge is -2.33. The van der Waals surface area contributed by atoms with E-state index in [1.807, 2.05) is 20.2 Å². The summed E-state index contributed by atoms with van der Waals surface area (Å²) in [5.41, 5.74) is 1.17. The first-order valence-corrected chi connectivity index (χ1v) is 12.6. The quantitative estimate of drug-likeness (QED) is 0.691. The van der Waals surface area contributed by atoms with Crippen LogP contribution in [0.5, 0.6) is 0 Å². The molecule has 0 radical (unpaired) electrons. The zero-order chi connectivity index (χ0) is 21.8. The lowest BCUT2D eigenvalue weighted by molar-refractivity contribution is -0.133. The van der Waals surface area contributed by atoms with Crippen LogP contribution in [0.2, 0.25) is 0 Å². The number of fused-ring (bicyclic) bond motifs is 1. The fourth-order valence-corrected chi connectivity index (χ4v) is 6.26. The highest BCUT2D eigenvalue weighted by Gasteiger charge is 2.29. The maximum atomic E-state index is 13.0. The van der Waals surface area contributed by atoms with Gasteiger partial charge in [-0.2, -0.15) is 0 Å². The van der Waals surface area contributed by atoms with E-state index >= 15 is 0 Å². The van der Waals surface area contributed by atoms with Gasteiger partial charge >= 0.3 is 0 Å². The van der Waals surface area contributed by atoms with Crippen LogP contribution < -0.4 is 0 Å². The van der Waals surface area contributed by atoms with Crippen LogP contribution in [0.1, 0.15) is 60.2 Å². The Bertz CT molecular complexity index is 917. The number of hydrogen-bond donors (Lipinski definition) is 0. The van der Waals surface area contributed by atoms with Crippen molar-refractivity contribution in [2.45, 2.75) is 57.4 Å². The largest absolute Gasteiger partial charge is 0.344 e. The second-order valence-electron chi connectivity index (χ2n) is 9.22. The monoisotopic (exact) mass is 441 g/mol. The Morgan fingerprint density at radius 3 is 2.48 bits per heavy atom. The first-order valence-electron chi connectivity index (χ1n) is 11.8. The van der Waals surface area contributed by atoms with E-state index < -0.39 is 0 Å². The molecule has 2 fully saturated rings. The maximum Gasteiger partial charge on any atom is 0.263 e. The highest BCUT2D eigenvalue weighted by molar-refractivity contribution is 7.21. The molecule has 3 heterocycles. The van der Waals surface area contributed by atoms with Crippen LogP contribution in [0.4, 0.5) is 0 Å². The van der Waals surface area contributed by atoms with Gasteiger partial charge in [0.2, 0.25) is 5.91 Å². The Morgan fingerprint density at radius 2 is 1.71 bits per heavy atom. The van der Waals surface area contributed by atoms with Crippen molar-refractivity contribution in [3.05, 3.63) is 34.7 Å². The van der Waals surface area contributed by atoms with Crippen molar-refractivity contribution in [1.29, 1.82) is 0 Å². The Morgan fingerprint density at radius 1 is 1.00 bits per heavy atom. The van der Waals surface area contributed by atoms with Crippen molar-refractivity contribution in [2.24, 2.45) is 0 Å². The van der Waals surface area contributed by atoms with Crippen LogP contribution in [0, 0.1) is 0 Å². The minimum absolute atomic E-state index is 0.0840. The van der Waals surface area contributed by atoms with Gasteiger partial charge in [0.05, 0.1) is 11.4 Å². The van der Waals surface area contributed by atoms with E-state index in [-0.39, 0.29) is 11.8 Å². The van der Waals surface area contributed by atoms with E-state index in [1.165, 1.54) is 34.9 Å². The summed E-state index contributed by atoms with van der Waals surface area (Å²) in [4.78, 5) is 33.0. The van der Waals surface area contributed by atoms with Gasteiger partial charge in [-0.05, 0) is 62.1 Å². The molecule has 0 spiro atoms. The number of hydrogen-bond acceptors (Lipinski definition) is 4. The Labute approximate surface area is 190 Å². The van der Waals surface area contributed by atoms with Gasteiger partial charge in [0.15, 0.2) is 0 Å². The molecule has 2 amide bonds. The van der Waals surface area contributed by atoms with Gasteiger partial charge in [0, 0.05) is 37.9 Å². The molecule has 0 unspecified atom stereocenters. The first-order chi connectivity index (χ1) is 15.0. The average molecular weight is 442 g/mol. The summed E-state index contributed by atoms with van der Waals surface area (Å²) < 4.78 is 1.17. The molecule has 4 rings (SSSR count). The molecule has 2 aliphatic rings. The fourth-order valence-electron chi connectivity index (χ4n) is 5.01. The van der Waals surface area contributed by atoms with Gasteiger partial charge in [0.25, 0.3) is 5.91 Å². The van der Waals surface area contributed by atoms with Crippen molar-refractivity contribution in [2.75, 3.05) is 40.3 Å². The molecule has 1 atom stereocenters. The fraction of sp³-hybridized carbons (Fsp3) is 0.600. The molecule has 0 bridgehead atoms. The lowest BCUT2D eigenvalue weighted by atomic mass is 9.97. The number of benzene rings is 1. The third kappa shape index (κ3) is 5.12. The number of thiophene rings is 1. The van der Waals surface area contributed by atoms with Crippen molar-refractivity contribution in [3.63, 3.8) is 0 Å². The second-order valence-corrected chi connectivity index (χ2v) is 10.3. The highest BCUT2D eigenvalue weighted by atomic mass is 32.1. The van der Waals surface area contributed by atoms with E-state index in [2.05, 4.69) is 28.0 Å². The number of rotatable bonds is 5. The van der Waals surface area contributed by atoms with E-state index in [0.29, 0.717) is 12.6 Å². The predicted octanol–water partition coefficient (Wildman–Crippen LogP) is 4.40. The number of amides is 2. The number of carbonyl (C=O) groups excluding carboxylic acids is 2. The Hall–Kier alpha value is -1.92. The van der Waals surface area contributed by atoms with Crippen molar-refractivity contribution >= 4 is 33.2 Å². The number of likely N-dealkylation sites (tertiary alicyclic amines) is 2. The third-order valence-corrected chi connectivity index (χ3v) is 7.99. The van der Waals surface area contributed by atoms with Crippen LogP contribution in [-0.2, 0) is 11.2 Å². The first kappa shape index (κ1) is 22.3. The normalized spacial score (nSPS) is 20.6. The van der Waals surface area contributed by atoms with Gasteiger partial charge in [-0.25, -0.2) is 0 Å². The topological polar surface area (TPSA) is 43.9 Å². The number of nitrogens with zero attached hydrogens (tertiary/aromatic N) is 3. The van der Waals surface area contributed by atoms with E-state index in [4.69, 9.17) is 0 Å². The summed E-state index contributed by atoms with van der Waals surface area (Å²) in [7, 11) is 3.65. The lowest BCUT2D eigenvalue weighted by Crippen LogP contribution is -2.46. The van der Waals surface area contributed by atoms with Crippen LogP contribution in [-0.4, -0.2) is 72.8 Å². The smallest absolute Gasteiger partial charge is 0.263 e. The molecular formula is C25H35N3O2S. The minimum atomic E-state index is 0.0840. The Kier molecular flexibility index (Phi) is 7.28. The van der Waals surface area contributed by atoms with Crippen molar-refractivity contribution in [3.8, 4) is 0 Å². The van der Waals surface area contributed by atoms with Gasteiger partial charge in [-0.15, -0.1) is 11.3 Å². The van der Waals surface area contributed by atoms with E-state index in [0.717, 1.165) is 56.6 Å². The molecule has 0 saturated carbocycles. The van der Waals surface area contributed by atoms with Crippen molar-refractivity contribution < 1.29 is 9.59 Å². The second kappa shape index (κ2) is 10.1. The summed E-state index contributed by atoms with van der Waals surface area (Å²) in [6.07, 6.45) is 9.00. The van der Waals surface area contributed by atoms with Crippen molar-refractivity contribution in [1.82, 2.24) is 14.7 Å². The molecule has 168 valence electrons. The SMILES string of the molecule is CN(C)C(=O)c1sc2ccccc2c1C[C@@H]1CCCCCN1CC(=O)N1CCCCC1. The molecule has 5 nitrogen and oxygen atoms in total. The zero-order valence-electron chi connectivity index (χ0n) is 18.9. The molecule has 0 aliphatic carbocycles. The minimum Gasteiger partial charge on any atom is -0.344 e. The van der Waals surface area contributed by atoms with Crippen LogP contribution in [0.3, 0.4) is 0 Å². The predicted molar refractivity (Wildman–Crippen MR) is 128 cm³/mol. The van der Waals surface area contributed by atoms with E-state index in [1.54, 1.807) is 16.2 Å². The molecule has 1 aromatic carbocycles. The molecule has 2 saturated heterocycles. The zero-order valence-corrected chi connectivity index (χ0v) is 19.8. The maximum absolute atomic E-state index is 13.0. The molecule has 6 heteroatoms. The molecule has 31 heavy (non-hydrogen) atoms. The summed E-state index contributed by atoms with van der Waals surface area (Å²) in [6.45, 7) is 3.31. The number of carbonyl (C=O) groups is 2. The molecular weight excluding hydrogens is 406 g/mol.